The van der Waals surface area contributed by atoms with Gasteiger partial charge in [0.05, 0.1) is 0 Å². The third-order valence-corrected chi connectivity index (χ3v) is 3.67. The van der Waals surface area contributed by atoms with Gasteiger partial charge in [0, 0.05) is 17.8 Å². The van der Waals surface area contributed by atoms with E-state index in [1.165, 1.54) is 29.9 Å². The van der Waals surface area contributed by atoms with E-state index < -0.39 is 0 Å². The lowest BCUT2D eigenvalue weighted by molar-refractivity contribution is 0.406. The summed E-state index contributed by atoms with van der Waals surface area (Å²) in [5.74, 6) is 1.09. The van der Waals surface area contributed by atoms with Crippen molar-refractivity contribution in [3.8, 4) is 0 Å². The molecule has 0 spiro atoms. The number of hydrogen-bond acceptors (Lipinski definition) is 3. The van der Waals surface area contributed by atoms with Crippen LogP contribution in [0.5, 0.6) is 0 Å². The quantitative estimate of drug-likeness (QED) is 0.796. The van der Waals surface area contributed by atoms with E-state index in [2.05, 4.69) is 23.3 Å². The van der Waals surface area contributed by atoms with Crippen LogP contribution in [-0.4, -0.2) is 17.3 Å². The second-order valence-corrected chi connectivity index (χ2v) is 5.09. The van der Waals surface area contributed by atoms with Crippen molar-refractivity contribution < 1.29 is 0 Å². The van der Waals surface area contributed by atoms with E-state index in [9.17, 15) is 0 Å². The van der Waals surface area contributed by atoms with Gasteiger partial charge in [0.2, 0.25) is 0 Å². The van der Waals surface area contributed by atoms with Crippen LogP contribution in [0.15, 0.2) is 23.4 Å². The van der Waals surface area contributed by atoms with Gasteiger partial charge in [0.25, 0.3) is 0 Å². The van der Waals surface area contributed by atoms with Crippen LogP contribution in [0, 0.1) is 0 Å². The molecule has 1 saturated heterocycles. The molecule has 1 N–H and O–H groups in total. The van der Waals surface area contributed by atoms with Crippen LogP contribution in [0.2, 0.25) is 0 Å². The molecule has 1 aromatic heterocycles. The average molecular weight is 222 g/mol. The number of thioether (sulfide) groups is 1. The van der Waals surface area contributed by atoms with Crippen LogP contribution in [0.3, 0.4) is 0 Å². The molecule has 1 aliphatic heterocycles. The summed E-state index contributed by atoms with van der Waals surface area (Å²) < 4.78 is 0. The molecule has 0 saturated carbocycles. The van der Waals surface area contributed by atoms with Crippen LogP contribution in [0.25, 0.3) is 0 Å². The zero-order chi connectivity index (χ0) is 10.5. The SMILES string of the molecule is CCSc1ncccc1[C@@H]1CCCCN1. The smallest absolute Gasteiger partial charge is 0.101 e. The van der Waals surface area contributed by atoms with Crippen LogP contribution in [0.1, 0.15) is 37.8 Å². The summed E-state index contributed by atoms with van der Waals surface area (Å²) in [7, 11) is 0. The zero-order valence-electron chi connectivity index (χ0n) is 9.20. The maximum atomic E-state index is 4.47. The zero-order valence-corrected chi connectivity index (χ0v) is 10.0. The van der Waals surface area contributed by atoms with Gasteiger partial charge in [-0.05, 0) is 31.2 Å². The first-order valence-electron chi connectivity index (χ1n) is 5.73. The second kappa shape index (κ2) is 5.52. The van der Waals surface area contributed by atoms with E-state index in [1.54, 1.807) is 0 Å². The van der Waals surface area contributed by atoms with E-state index >= 15 is 0 Å². The van der Waals surface area contributed by atoms with E-state index in [0.29, 0.717) is 6.04 Å². The Kier molecular flexibility index (Phi) is 4.03. The minimum atomic E-state index is 0.529. The van der Waals surface area contributed by atoms with E-state index in [-0.39, 0.29) is 0 Å². The van der Waals surface area contributed by atoms with Crippen molar-refractivity contribution in [1.82, 2.24) is 10.3 Å². The van der Waals surface area contributed by atoms with Gasteiger partial charge in [-0.3, -0.25) is 0 Å². The normalized spacial score (nSPS) is 21.5. The maximum absolute atomic E-state index is 4.47. The molecule has 3 heteroatoms. The lowest BCUT2D eigenvalue weighted by atomic mass is 9.99. The molecular formula is C12H18N2S. The van der Waals surface area contributed by atoms with Gasteiger partial charge in [-0.1, -0.05) is 19.4 Å². The lowest BCUT2D eigenvalue weighted by Crippen LogP contribution is -2.27. The van der Waals surface area contributed by atoms with Crippen molar-refractivity contribution in [2.45, 2.75) is 37.3 Å². The molecular weight excluding hydrogens is 204 g/mol. The number of hydrogen-bond donors (Lipinski definition) is 1. The molecule has 0 aromatic carbocycles. The summed E-state index contributed by atoms with van der Waals surface area (Å²) in [6.45, 7) is 3.33. The molecule has 82 valence electrons. The molecule has 1 aliphatic rings. The minimum absolute atomic E-state index is 0.529. The molecule has 1 fully saturated rings. The van der Waals surface area contributed by atoms with Gasteiger partial charge in [-0.15, -0.1) is 11.8 Å². The summed E-state index contributed by atoms with van der Waals surface area (Å²) >= 11 is 1.84. The topological polar surface area (TPSA) is 24.9 Å². The molecule has 0 unspecified atom stereocenters. The monoisotopic (exact) mass is 222 g/mol. The highest BCUT2D eigenvalue weighted by Gasteiger charge is 2.17. The minimum Gasteiger partial charge on any atom is -0.310 e. The Morgan fingerprint density at radius 2 is 2.47 bits per heavy atom. The van der Waals surface area contributed by atoms with Crippen LogP contribution in [-0.2, 0) is 0 Å². The second-order valence-electron chi connectivity index (χ2n) is 3.83. The molecule has 2 rings (SSSR count). The standard InChI is InChI=1S/C12H18N2S/c1-2-15-12-10(6-5-9-14-12)11-7-3-4-8-13-11/h5-6,9,11,13H,2-4,7-8H2,1H3/t11-/m0/s1. The fourth-order valence-corrected chi connectivity index (χ4v) is 2.83. The van der Waals surface area contributed by atoms with Crippen molar-refractivity contribution in [1.29, 1.82) is 0 Å². The van der Waals surface area contributed by atoms with Gasteiger partial charge < -0.3 is 5.32 Å². The molecule has 0 radical (unpaired) electrons. The summed E-state index contributed by atoms with van der Waals surface area (Å²) in [4.78, 5) is 4.47. The van der Waals surface area contributed by atoms with Gasteiger partial charge >= 0.3 is 0 Å². The fourth-order valence-electron chi connectivity index (χ4n) is 2.04. The predicted octanol–water partition coefficient (Wildman–Crippen LogP) is 3.01. The van der Waals surface area contributed by atoms with Gasteiger partial charge in [0.1, 0.15) is 5.03 Å². The van der Waals surface area contributed by atoms with Gasteiger partial charge in [0.15, 0.2) is 0 Å². The number of pyridine rings is 1. The van der Waals surface area contributed by atoms with Crippen LogP contribution >= 0.6 is 11.8 Å². The highest BCUT2D eigenvalue weighted by Crippen LogP contribution is 2.29. The fraction of sp³-hybridized carbons (Fsp3) is 0.583. The first kappa shape index (κ1) is 11.0. The molecule has 0 aliphatic carbocycles. The molecule has 2 heterocycles. The molecule has 15 heavy (non-hydrogen) atoms. The Labute approximate surface area is 95.9 Å². The number of nitrogens with one attached hydrogen (secondary N) is 1. The van der Waals surface area contributed by atoms with Gasteiger partial charge in [-0.2, -0.15) is 0 Å². The Hall–Kier alpha value is -0.540. The largest absolute Gasteiger partial charge is 0.310 e. The summed E-state index contributed by atoms with van der Waals surface area (Å²) in [5.41, 5.74) is 1.39. The van der Waals surface area contributed by atoms with Crippen molar-refractivity contribution in [2.75, 3.05) is 12.3 Å². The number of piperidine rings is 1. The summed E-state index contributed by atoms with van der Waals surface area (Å²) in [6.07, 6.45) is 5.79. The molecule has 0 bridgehead atoms. The number of nitrogens with zero attached hydrogens (tertiary/aromatic N) is 1. The van der Waals surface area contributed by atoms with E-state index in [1.807, 2.05) is 24.0 Å². The number of aromatic nitrogens is 1. The molecule has 1 atom stereocenters. The first-order chi connectivity index (χ1) is 7.42. The van der Waals surface area contributed by atoms with Crippen LogP contribution < -0.4 is 5.32 Å². The van der Waals surface area contributed by atoms with E-state index in [0.717, 1.165) is 12.3 Å². The summed E-state index contributed by atoms with van der Waals surface area (Å²) in [5, 5.41) is 4.79. The molecule has 2 nitrogen and oxygen atoms in total. The lowest BCUT2D eigenvalue weighted by Gasteiger charge is -2.25. The Bertz CT molecular complexity index is 308. The van der Waals surface area contributed by atoms with Crippen molar-refractivity contribution in [2.24, 2.45) is 0 Å². The maximum Gasteiger partial charge on any atom is 0.101 e. The van der Waals surface area contributed by atoms with E-state index in [4.69, 9.17) is 0 Å². The highest BCUT2D eigenvalue weighted by molar-refractivity contribution is 7.99. The van der Waals surface area contributed by atoms with Crippen LogP contribution in [0.4, 0.5) is 0 Å². The Morgan fingerprint density at radius 3 is 3.20 bits per heavy atom. The average Bonchev–Trinajstić information content (AvgIpc) is 2.31. The highest BCUT2D eigenvalue weighted by atomic mass is 32.2. The first-order valence-corrected chi connectivity index (χ1v) is 6.71. The molecule has 1 aromatic rings. The third-order valence-electron chi connectivity index (χ3n) is 2.77. The number of rotatable bonds is 3. The van der Waals surface area contributed by atoms with Gasteiger partial charge in [-0.25, -0.2) is 4.98 Å². The van der Waals surface area contributed by atoms with Crippen molar-refractivity contribution >= 4 is 11.8 Å². The predicted molar refractivity (Wildman–Crippen MR) is 65.2 cm³/mol. The Balaban J connectivity index is 2.17. The van der Waals surface area contributed by atoms with Crippen molar-refractivity contribution in [3.05, 3.63) is 23.9 Å². The van der Waals surface area contributed by atoms with Crippen molar-refractivity contribution in [3.63, 3.8) is 0 Å². The molecule has 0 amide bonds. The Morgan fingerprint density at radius 1 is 1.53 bits per heavy atom. The third kappa shape index (κ3) is 2.73. The summed E-state index contributed by atoms with van der Waals surface area (Å²) in [6, 6.07) is 4.79.